The molecule has 118 valence electrons. The van der Waals surface area contributed by atoms with Crippen LogP contribution in [0.3, 0.4) is 0 Å². The second-order valence-corrected chi connectivity index (χ2v) is 5.56. The number of nitro benzene ring substituents is 1. The predicted octanol–water partition coefficient (Wildman–Crippen LogP) is 4.15. The lowest BCUT2D eigenvalue weighted by Crippen LogP contribution is -1.88. The molecule has 0 aliphatic heterocycles. The summed E-state index contributed by atoms with van der Waals surface area (Å²) in [7, 11) is 0. The molecule has 0 fully saturated rings. The molecule has 0 aliphatic carbocycles. The standard InChI is InChI=1S/C18H14N4O2/c1-11-7-16-17(8-12(11)2)21-18(20-16)14(10-19)9-13-3-5-15(6-4-13)22(23)24/h3-9H,1-2H3,(H,20,21)/b14-9-. The van der Waals surface area contributed by atoms with Crippen LogP contribution in [0.2, 0.25) is 0 Å². The zero-order valence-corrected chi connectivity index (χ0v) is 13.2. The molecule has 0 amide bonds. The zero-order chi connectivity index (χ0) is 17.3. The molecule has 0 bridgehead atoms. The lowest BCUT2D eigenvalue weighted by atomic mass is 10.1. The van der Waals surface area contributed by atoms with Crippen molar-refractivity contribution in [1.82, 2.24) is 9.97 Å². The Morgan fingerprint density at radius 2 is 1.92 bits per heavy atom. The van der Waals surface area contributed by atoms with Gasteiger partial charge < -0.3 is 4.98 Å². The Balaban J connectivity index is 2.02. The second kappa shape index (κ2) is 5.97. The van der Waals surface area contributed by atoms with E-state index in [0.29, 0.717) is 17.0 Å². The van der Waals surface area contributed by atoms with Crippen LogP contribution in [0.1, 0.15) is 22.5 Å². The van der Waals surface area contributed by atoms with E-state index in [2.05, 4.69) is 16.0 Å². The van der Waals surface area contributed by atoms with Crippen LogP contribution in [0.4, 0.5) is 5.69 Å². The van der Waals surface area contributed by atoms with Gasteiger partial charge in [0.2, 0.25) is 0 Å². The summed E-state index contributed by atoms with van der Waals surface area (Å²) < 4.78 is 0. The minimum absolute atomic E-state index is 0.0142. The molecule has 3 aromatic rings. The fourth-order valence-electron chi connectivity index (χ4n) is 2.41. The molecule has 0 aliphatic rings. The van der Waals surface area contributed by atoms with E-state index in [-0.39, 0.29) is 5.69 Å². The number of non-ortho nitro benzene ring substituents is 1. The Bertz CT molecular complexity index is 969. The lowest BCUT2D eigenvalue weighted by Gasteiger charge is -1.97. The maximum absolute atomic E-state index is 10.7. The van der Waals surface area contributed by atoms with E-state index < -0.39 is 4.92 Å². The van der Waals surface area contributed by atoms with E-state index in [1.54, 1.807) is 18.2 Å². The van der Waals surface area contributed by atoms with Gasteiger partial charge in [-0.05, 0) is 60.9 Å². The average Bonchev–Trinajstić information content (AvgIpc) is 2.96. The number of aromatic amines is 1. The van der Waals surface area contributed by atoms with Gasteiger partial charge in [0.05, 0.1) is 21.5 Å². The highest BCUT2D eigenvalue weighted by Crippen LogP contribution is 2.22. The molecule has 1 aromatic heterocycles. The van der Waals surface area contributed by atoms with Crippen molar-refractivity contribution in [2.24, 2.45) is 0 Å². The van der Waals surface area contributed by atoms with E-state index in [1.807, 2.05) is 26.0 Å². The van der Waals surface area contributed by atoms with Crippen molar-refractivity contribution in [3.8, 4) is 6.07 Å². The minimum Gasteiger partial charge on any atom is -0.337 e. The molecule has 6 nitrogen and oxygen atoms in total. The molecule has 0 saturated carbocycles. The molecule has 24 heavy (non-hydrogen) atoms. The van der Waals surface area contributed by atoms with Gasteiger partial charge in [-0.1, -0.05) is 0 Å². The normalized spacial score (nSPS) is 11.5. The molecular formula is C18H14N4O2. The van der Waals surface area contributed by atoms with Crippen LogP contribution in [-0.4, -0.2) is 14.9 Å². The van der Waals surface area contributed by atoms with Crippen molar-refractivity contribution in [2.45, 2.75) is 13.8 Å². The fraction of sp³-hybridized carbons (Fsp3) is 0.111. The second-order valence-electron chi connectivity index (χ2n) is 5.56. The molecule has 1 heterocycles. The molecular weight excluding hydrogens is 304 g/mol. The number of rotatable bonds is 3. The van der Waals surface area contributed by atoms with Crippen molar-refractivity contribution in [3.63, 3.8) is 0 Å². The number of aryl methyl sites for hydroxylation is 2. The third-order valence-electron chi connectivity index (χ3n) is 3.89. The largest absolute Gasteiger partial charge is 0.337 e. The monoisotopic (exact) mass is 318 g/mol. The maximum Gasteiger partial charge on any atom is 0.269 e. The Hall–Kier alpha value is -3.46. The lowest BCUT2D eigenvalue weighted by molar-refractivity contribution is -0.384. The van der Waals surface area contributed by atoms with Crippen LogP contribution >= 0.6 is 0 Å². The maximum atomic E-state index is 10.7. The number of fused-ring (bicyclic) bond motifs is 1. The van der Waals surface area contributed by atoms with Crippen molar-refractivity contribution >= 4 is 28.4 Å². The number of hydrogen-bond donors (Lipinski definition) is 1. The number of aromatic nitrogens is 2. The molecule has 1 N–H and O–H groups in total. The summed E-state index contributed by atoms with van der Waals surface area (Å²) >= 11 is 0. The van der Waals surface area contributed by atoms with Crippen molar-refractivity contribution in [1.29, 1.82) is 5.26 Å². The molecule has 6 heteroatoms. The van der Waals surface area contributed by atoms with E-state index in [9.17, 15) is 15.4 Å². The number of nitriles is 1. The van der Waals surface area contributed by atoms with E-state index in [1.165, 1.54) is 12.1 Å². The first-order valence-electron chi connectivity index (χ1n) is 7.31. The highest BCUT2D eigenvalue weighted by Gasteiger charge is 2.10. The summed E-state index contributed by atoms with van der Waals surface area (Å²) in [6.45, 7) is 4.04. The average molecular weight is 318 g/mol. The van der Waals surface area contributed by atoms with Gasteiger partial charge >= 0.3 is 0 Å². The summed E-state index contributed by atoms with van der Waals surface area (Å²) in [6.07, 6.45) is 1.65. The molecule has 0 unspecified atom stereocenters. The predicted molar refractivity (Wildman–Crippen MR) is 92.1 cm³/mol. The Labute approximate surface area is 138 Å². The van der Waals surface area contributed by atoms with E-state index >= 15 is 0 Å². The smallest absolute Gasteiger partial charge is 0.269 e. The number of nitro groups is 1. The van der Waals surface area contributed by atoms with Crippen LogP contribution in [-0.2, 0) is 0 Å². The van der Waals surface area contributed by atoms with Gasteiger partial charge in [-0.3, -0.25) is 10.1 Å². The van der Waals surface area contributed by atoms with E-state index in [0.717, 1.165) is 22.2 Å². The highest BCUT2D eigenvalue weighted by atomic mass is 16.6. The van der Waals surface area contributed by atoms with Gasteiger partial charge in [0.25, 0.3) is 5.69 Å². The summed E-state index contributed by atoms with van der Waals surface area (Å²) in [5.74, 6) is 0.482. The molecule has 0 saturated heterocycles. The summed E-state index contributed by atoms with van der Waals surface area (Å²) in [6, 6.07) is 12.1. The first-order valence-corrected chi connectivity index (χ1v) is 7.31. The van der Waals surface area contributed by atoms with Gasteiger partial charge in [-0.2, -0.15) is 5.26 Å². The van der Waals surface area contributed by atoms with Crippen molar-refractivity contribution in [3.05, 3.63) is 69.0 Å². The number of imidazole rings is 1. The Kier molecular flexibility index (Phi) is 3.84. The molecule has 2 aromatic carbocycles. The quantitative estimate of drug-likeness (QED) is 0.445. The number of hydrogen-bond acceptors (Lipinski definition) is 4. The Morgan fingerprint density at radius 3 is 2.54 bits per heavy atom. The van der Waals surface area contributed by atoms with Gasteiger partial charge in [0.1, 0.15) is 11.9 Å². The van der Waals surface area contributed by atoms with Crippen LogP contribution < -0.4 is 0 Å². The number of nitrogens with one attached hydrogen (secondary N) is 1. The molecule has 0 spiro atoms. The van der Waals surface area contributed by atoms with Gasteiger partial charge in [0, 0.05) is 12.1 Å². The van der Waals surface area contributed by atoms with Crippen molar-refractivity contribution in [2.75, 3.05) is 0 Å². The van der Waals surface area contributed by atoms with E-state index in [4.69, 9.17) is 0 Å². The molecule has 3 rings (SSSR count). The Morgan fingerprint density at radius 1 is 1.25 bits per heavy atom. The number of nitrogens with zero attached hydrogens (tertiary/aromatic N) is 3. The summed E-state index contributed by atoms with van der Waals surface area (Å²) in [5, 5.41) is 20.1. The highest BCUT2D eigenvalue weighted by molar-refractivity contribution is 5.90. The topological polar surface area (TPSA) is 95.6 Å². The van der Waals surface area contributed by atoms with Crippen LogP contribution in [0.15, 0.2) is 36.4 Å². The third-order valence-corrected chi connectivity index (χ3v) is 3.89. The van der Waals surface area contributed by atoms with Crippen LogP contribution in [0.25, 0.3) is 22.7 Å². The minimum atomic E-state index is -0.456. The number of allylic oxidation sites excluding steroid dienone is 1. The number of H-pyrrole nitrogens is 1. The van der Waals surface area contributed by atoms with Gasteiger partial charge in [-0.25, -0.2) is 4.98 Å². The molecule has 0 atom stereocenters. The summed E-state index contributed by atoms with van der Waals surface area (Å²) in [4.78, 5) is 17.9. The first-order chi connectivity index (χ1) is 11.5. The first kappa shape index (κ1) is 15.4. The number of benzene rings is 2. The zero-order valence-electron chi connectivity index (χ0n) is 13.2. The van der Waals surface area contributed by atoms with Gasteiger partial charge in [-0.15, -0.1) is 0 Å². The SMILES string of the molecule is Cc1cc2nc(/C(C#N)=C\c3ccc([N+](=O)[O-])cc3)[nH]c2cc1C. The fourth-order valence-corrected chi connectivity index (χ4v) is 2.41. The summed E-state index contributed by atoms with van der Waals surface area (Å²) in [5.41, 5.74) is 5.05. The van der Waals surface area contributed by atoms with Gasteiger partial charge in [0.15, 0.2) is 0 Å². The third kappa shape index (κ3) is 2.88. The molecule has 0 radical (unpaired) electrons. The van der Waals surface area contributed by atoms with Crippen LogP contribution in [0, 0.1) is 35.3 Å². The van der Waals surface area contributed by atoms with Crippen molar-refractivity contribution < 1.29 is 4.92 Å². The van der Waals surface area contributed by atoms with Crippen LogP contribution in [0.5, 0.6) is 0 Å².